The van der Waals surface area contributed by atoms with E-state index in [1.807, 2.05) is 6.92 Å². The molecule has 116 valence electrons. The van der Waals surface area contributed by atoms with Crippen molar-refractivity contribution >= 4 is 21.8 Å². The number of nitrogens with zero attached hydrogens (tertiary/aromatic N) is 2. The molecule has 1 atom stereocenters. The van der Waals surface area contributed by atoms with Crippen molar-refractivity contribution in [2.24, 2.45) is 10.3 Å². The molecule has 2 aliphatic rings. The molecule has 6 nitrogen and oxygen atoms in total. The van der Waals surface area contributed by atoms with Gasteiger partial charge < -0.3 is 9.64 Å². The monoisotopic (exact) mass is 312 g/mol. The van der Waals surface area contributed by atoms with Crippen LogP contribution in [-0.4, -0.2) is 43.5 Å². The van der Waals surface area contributed by atoms with Gasteiger partial charge in [0.2, 0.25) is 0 Å². The first kappa shape index (κ1) is 15.8. The lowest BCUT2D eigenvalue weighted by atomic mass is 10.1. The fraction of sp³-hybridized carbons (Fsp3) is 0.571. The van der Waals surface area contributed by atoms with E-state index < -0.39 is 16.0 Å². The van der Waals surface area contributed by atoms with Gasteiger partial charge in [-0.3, -0.25) is 0 Å². The molecule has 0 saturated carbocycles. The number of esters is 1. The third-order valence-corrected chi connectivity index (χ3v) is 4.33. The Morgan fingerprint density at radius 3 is 2.76 bits per heavy atom. The molecule has 2 aliphatic heterocycles. The van der Waals surface area contributed by atoms with Crippen molar-refractivity contribution < 1.29 is 17.9 Å². The number of hydrogen-bond acceptors (Lipinski definition) is 5. The second kappa shape index (κ2) is 6.01. The second-order valence-corrected chi connectivity index (χ2v) is 7.45. The van der Waals surface area contributed by atoms with Crippen LogP contribution in [0.4, 0.5) is 0 Å². The van der Waals surface area contributed by atoms with Gasteiger partial charge in [0.1, 0.15) is 5.84 Å². The fourth-order valence-electron chi connectivity index (χ4n) is 2.28. The van der Waals surface area contributed by atoms with Crippen molar-refractivity contribution in [3.63, 3.8) is 0 Å². The molecule has 0 radical (unpaired) electrons. The smallest absolute Gasteiger partial charge is 0.339 e. The molecule has 1 unspecified atom stereocenters. The molecular weight excluding hydrogens is 292 g/mol. The molecule has 0 aliphatic carbocycles. The van der Waals surface area contributed by atoms with E-state index in [4.69, 9.17) is 4.74 Å². The largest absolute Gasteiger partial charge is 0.459 e. The van der Waals surface area contributed by atoms with Crippen molar-refractivity contribution in [3.05, 3.63) is 23.9 Å². The third kappa shape index (κ3) is 4.17. The van der Waals surface area contributed by atoms with Gasteiger partial charge in [-0.25, -0.2) is 13.2 Å². The van der Waals surface area contributed by atoms with Crippen LogP contribution in [-0.2, 0) is 19.6 Å². The fourth-order valence-corrected chi connectivity index (χ4v) is 3.25. The first-order valence-corrected chi connectivity index (χ1v) is 8.58. The number of rotatable bonds is 4. The van der Waals surface area contributed by atoms with Gasteiger partial charge in [-0.15, -0.1) is 4.40 Å². The van der Waals surface area contributed by atoms with Crippen molar-refractivity contribution in [2.75, 3.05) is 12.3 Å². The molecule has 0 N–H and O–H groups in total. The van der Waals surface area contributed by atoms with E-state index in [-0.39, 0.29) is 11.9 Å². The molecule has 0 aromatic heterocycles. The number of carbonyl (C=O) groups is 1. The minimum atomic E-state index is -3.37. The summed E-state index contributed by atoms with van der Waals surface area (Å²) in [4.78, 5) is 13.7. The van der Waals surface area contributed by atoms with Crippen LogP contribution in [0.3, 0.4) is 0 Å². The van der Waals surface area contributed by atoms with E-state index in [0.29, 0.717) is 23.9 Å². The summed E-state index contributed by atoms with van der Waals surface area (Å²) in [6.07, 6.45) is 5.32. The highest BCUT2D eigenvalue weighted by Crippen LogP contribution is 2.18. The lowest BCUT2D eigenvalue weighted by molar-refractivity contribution is -0.143. The van der Waals surface area contributed by atoms with Crippen molar-refractivity contribution in [1.82, 2.24) is 4.90 Å². The number of hydrogen-bond donors (Lipinski definition) is 0. The number of sulfonamides is 1. The number of amidine groups is 1. The summed E-state index contributed by atoms with van der Waals surface area (Å²) in [6, 6.07) is 0. The number of fused-ring (bicyclic) bond motifs is 1. The van der Waals surface area contributed by atoms with Gasteiger partial charge >= 0.3 is 5.97 Å². The first-order chi connectivity index (χ1) is 9.77. The van der Waals surface area contributed by atoms with Gasteiger partial charge in [0.25, 0.3) is 10.0 Å². The second-order valence-electron chi connectivity index (χ2n) is 5.69. The molecule has 0 saturated heterocycles. The summed E-state index contributed by atoms with van der Waals surface area (Å²) in [5.74, 6) is 0.349. The Labute approximate surface area is 125 Å². The predicted molar refractivity (Wildman–Crippen MR) is 80.2 cm³/mol. The SMILES string of the molecule is CC(C)CC(C)OC(=O)C1=CN2CCS(=O)(=O)N=C2C=C1. The van der Waals surface area contributed by atoms with Gasteiger partial charge in [-0.1, -0.05) is 13.8 Å². The normalized spacial score (nSPS) is 21.4. The maximum absolute atomic E-state index is 12.1. The Kier molecular flexibility index (Phi) is 4.51. The Balaban J connectivity index is 2.06. The van der Waals surface area contributed by atoms with E-state index in [1.165, 1.54) is 6.08 Å². The van der Waals surface area contributed by atoms with Crippen LogP contribution in [0.25, 0.3) is 0 Å². The lowest BCUT2D eigenvalue weighted by Gasteiger charge is -2.27. The standard InChI is InChI=1S/C14H20N2O4S/c1-10(2)8-11(3)20-14(17)12-4-5-13-15-21(18,19)7-6-16(13)9-12/h4-5,9-11H,6-8H2,1-3H3. The molecule has 0 spiro atoms. The van der Waals surface area contributed by atoms with E-state index in [2.05, 4.69) is 18.2 Å². The number of carbonyl (C=O) groups excluding carboxylic acids is 1. The molecule has 2 heterocycles. The molecule has 0 bridgehead atoms. The molecule has 0 aromatic carbocycles. The van der Waals surface area contributed by atoms with Gasteiger partial charge in [0.15, 0.2) is 0 Å². The van der Waals surface area contributed by atoms with E-state index in [1.54, 1.807) is 17.2 Å². The summed E-state index contributed by atoms with van der Waals surface area (Å²) < 4.78 is 31.9. The zero-order valence-corrected chi connectivity index (χ0v) is 13.3. The summed E-state index contributed by atoms with van der Waals surface area (Å²) >= 11 is 0. The molecule has 2 rings (SSSR count). The van der Waals surface area contributed by atoms with Crippen molar-refractivity contribution in [2.45, 2.75) is 33.3 Å². The van der Waals surface area contributed by atoms with E-state index in [0.717, 1.165) is 6.42 Å². The minimum Gasteiger partial charge on any atom is -0.459 e. The van der Waals surface area contributed by atoms with Crippen LogP contribution in [0.5, 0.6) is 0 Å². The number of ether oxygens (including phenoxy) is 1. The van der Waals surface area contributed by atoms with Crippen molar-refractivity contribution in [1.29, 1.82) is 0 Å². The molecule has 21 heavy (non-hydrogen) atoms. The maximum atomic E-state index is 12.1. The quantitative estimate of drug-likeness (QED) is 0.735. The maximum Gasteiger partial charge on any atom is 0.339 e. The van der Waals surface area contributed by atoms with Gasteiger partial charge in [-0.2, -0.15) is 0 Å². The van der Waals surface area contributed by atoms with Crippen LogP contribution in [0.15, 0.2) is 28.3 Å². The Bertz CT molecular complexity index is 617. The highest BCUT2D eigenvalue weighted by molar-refractivity contribution is 7.90. The van der Waals surface area contributed by atoms with E-state index >= 15 is 0 Å². The average molecular weight is 312 g/mol. The van der Waals surface area contributed by atoms with Crippen LogP contribution in [0, 0.1) is 5.92 Å². The Morgan fingerprint density at radius 1 is 1.38 bits per heavy atom. The van der Waals surface area contributed by atoms with Gasteiger partial charge in [-0.05, 0) is 31.4 Å². The van der Waals surface area contributed by atoms with Gasteiger partial charge in [0.05, 0.1) is 17.4 Å². The summed E-state index contributed by atoms with van der Waals surface area (Å²) in [6.45, 7) is 6.30. The molecule has 0 amide bonds. The molecule has 0 fully saturated rings. The zero-order valence-electron chi connectivity index (χ0n) is 12.4. The minimum absolute atomic E-state index is 0.0487. The van der Waals surface area contributed by atoms with Crippen LogP contribution < -0.4 is 0 Å². The molecule has 0 aromatic rings. The molecule has 7 heteroatoms. The van der Waals surface area contributed by atoms with Crippen LogP contribution in [0.2, 0.25) is 0 Å². The lowest BCUT2D eigenvalue weighted by Crippen LogP contribution is -2.37. The highest BCUT2D eigenvalue weighted by Gasteiger charge is 2.25. The van der Waals surface area contributed by atoms with Crippen molar-refractivity contribution in [3.8, 4) is 0 Å². The Morgan fingerprint density at radius 2 is 2.10 bits per heavy atom. The summed E-state index contributed by atoms with van der Waals surface area (Å²) in [5.41, 5.74) is 0.406. The topological polar surface area (TPSA) is 76.0 Å². The average Bonchev–Trinajstić information content (AvgIpc) is 2.35. The third-order valence-electron chi connectivity index (χ3n) is 3.17. The highest BCUT2D eigenvalue weighted by atomic mass is 32.2. The predicted octanol–water partition coefficient (Wildman–Crippen LogP) is 1.46. The van der Waals surface area contributed by atoms with Gasteiger partial charge in [0, 0.05) is 12.7 Å². The van der Waals surface area contributed by atoms with Crippen LogP contribution >= 0.6 is 0 Å². The zero-order chi connectivity index (χ0) is 15.6. The molecular formula is C14H20N2O4S. The Hall–Kier alpha value is -1.63. The summed E-state index contributed by atoms with van der Waals surface area (Å²) in [7, 11) is -3.37. The summed E-state index contributed by atoms with van der Waals surface area (Å²) in [5, 5.41) is 0. The first-order valence-electron chi connectivity index (χ1n) is 6.97. The van der Waals surface area contributed by atoms with E-state index in [9.17, 15) is 13.2 Å². The van der Waals surface area contributed by atoms with Crippen LogP contribution in [0.1, 0.15) is 27.2 Å².